The molecule has 2 rings (SSSR count). The SMILES string of the molecule is CNC(CCOCCOC)Cc1cc(Cl)cc2c1OCC2. The second-order valence-corrected chi connectivity index (χ2v) is 5.67. The summed E-state index contributed by atoms with van der Waals surface area (Å²) in [5, 5.41) is 4.13. The van der Waals surface area contributed by atoms with Crippen molar-refractivity contribution in [2.75, 3.05) is 40.6 Å². The van der Waals surface area contributed by atoms with E-state index in [-0.39, 0.29) is 0 Å². The predicted molar refractivity (Wildman–Crippen MR) is 84.5 cm³/mol. The number of nitrogens with one attached hydrogen (secondary N) is 1. The fraction of sp³-hybridized carbons (Fsp3) is 0.625. The maximum Gasteiger partial charge on any atom is 0.125 e. The second kappa shape index (κ2) is 8.59. The third-order valence-electron chi connectivity index (χ3n) is 3.74. The molecule has 1 heterocycles. The molecule has 1 aliphatic heterocycles. The van der Waals surface area contributed by atoms with Gasteiger partial charge in [0.15, 0.2) is 0 Å². The lowest BCUT2D eigenvalue weighted by molar-refractivity contribution is 0.0661. The first kappa shape index (κ1) is 16.6. The van der Waals surface area contributed by atoms with Crippen LogP contribution in [0.25, 0.3) is 0 Å². The molecule has 21 heavy (non-hydrogen) atoms. The van der Waals surface area contributed by atoms with Gasteiger partial charge in [-0.25, -0.2) is 0 Å². The minimum absolute atomic E-state index is 0.347. The van der Waals surface area contributed by atoms with Crippen LogP contribution in [-0.4, -0.2) is 46.6 Å². The predicted octanol–water partition coefficient (Wildman–Crippen LogP) is 2.46. The summed E-state index contributed by atoms with van der Waals surface area (Å²) in [4.78, 5) is 0. The number of halogens is 1. The lowest BCUT2D eigenvalue weighted by Crippen LogP contribution is -2.29. The van der Waals surface area contributed by atoms with E-state index >= 15 is 0 Å². The van der Waals surface area contributed by atoms with E-state index in [2.05, 4.69) is 5.32 Å². The molecular weight excluding hydrogens is 290 g/mol. The third kappa shape index (κ3) is 4.85. The first-order chi connectivity index (χ1) is 10.2. The van der Waals surface area contributed by atoms with Crippen molar-refractivity contribution in [3.8, 4) is 5.75 Å². The van der Waals surface area contributed by atoms with Gasteiger partial charge >= 0.3 is 0 Å². The van der Waals surface area contributed by atoms with Crippen molar-refractivity contribution < 1.29 is 14.2 Å². The molecule has 5 heteroatoms. The summed E-state index contributed by atoms with van der Waals surface area (Å²) in [7, 11) is 3.66. The quantitative estimate of drug-likeness (QED) is 0.711. The number of likely N-dealkylation sites (N-methyl/N-ethyl adjacent to an activating group) is 1. The Morgan fingerprint density at radius 1 is 1.33 bits per heavy atom. The Bertz CT molecular complexity index is 453. The van der Waals surface area contributed by atoms with Crippen molar-refractivity contribution in [3.63, 3.8) is 0 Å². The molecule has 0 spiro atoms. The van der Waals surface area contributed by atoms with Crippen LogP contribution >= 0.6 is 11.6 Å². The van der Waals surface area contributed by atoms with Crippen LogP contribution in [0.1, 0.15) is 17.5 Å². The number of fused-ring (bicyclic) bond motifs is 1. The van der Waals surface area contributed by atoms with Gasteiger partial charge in [0, 0.05) is 31.2 Å². The molecule has 0 saturated carbocycles. The molecule has 0 aliphatic carbocycles. The van der Waals surface area contributed by atoms with Crippen LogP contribution in [0.15, 0.2) is 12.1 Å². The highest BCUT2D eigenvalue weighted by Gasteiger charge is 2.19. The van der Waals surface area contributed by atoms with Crippen LogP contribution in [0, 0.1) is 0 Å². The summed E-state index contributed by atoms with van der Waals surface area (Å²) in [5.74, 6) is 1.03. The van der Waals surface area contributed by atoms with Gasteiger partial charge in [0.25, 0.3) is 0 Å². The van der Waals surface area contributed by atoms with E-state index in [0.717, 1.165) is 43.2 Å². The Morgan fingerprint density at radius 2 is 2.19 bits per heavy atom. The molecule has 1 aromatic rings. The molecule has 1 aliphatic rings. The third-order valence-corrected chi connectivity index (χ3v) is 3.96. The standard InChI is InChI=1S/C16H24ClNO3/c1-18-15(4-5-20-8-7-19-2)11-13-10-14(17)9-12-3-6-21-16(12)13/h9-10,15,18H,3-8,11H2,1-2H3. The zero-order valence-electron chi connectivity index (χ0n) is 12.8. The monoisotopic (exact) mass is 313 g/mol. The zero-order valence-corrected chi connectivity index (χ0v) is 13.5. The molecule has 0 aromatic heterocycles. The van der Waals surface area contributed by atoms with Gasteiger partial charge in [-0.15, -0.1) is 0 Å². The Morgan fingerprint density at radius 3 is 2.95 bits per heavy atom. The minimum Gasteiger partial charge on any atom is -0.493 e. The van der Waals surface area contributed by atoms with Crippen LogP contribution in [-0.2, 0) is 22.3 Å². The van der Waals surface area contributed by atoms with E-state index in [9.17, 15) is 0 Å². The van der Waals surface area contributed by atoms with Gasteiger partial charge in [-0.05, 0) is 43.1 Å². The summed E-state index contributed by atoms with van der Waals surface area (Å²) in [5.41, 5.74) is 2.41. The van der Waals surface area contributed by atoms with Gasteiger partial charge in [-0.2, -0.15) is 0 Å². The molecule has 118 valence electrons. The number of benzene rings is 1. The summed E-state index contributed by atoms with van der Waals surface area (Å²) in [6, 6.07) is 4.37. The second-order valence-electron chi connectivity index (χ2n) is 5.24. The van der Waals surface area contributed by atoms with Gasteiger partial charge in [-0.3, -0.25) is 0 Å². The van der Waals surface area contributed by atoms with Crippen LogP contribution in [0.5, 0.6) is 5.75 Å². The van der Waals surface area contributed by atoms with E-state index in [0.29, 0.717) is 19.3 Å². The molecule has 0 fully saturated rings. The minimum atomic E-state index is 0.347. The van der Waals surface area contributed by atoms with Crippen molar-refractivity contribution in [2.24, 2.45) is 0 Å². The van der Waals surface area contributed by atoms with Gasteiger partial charge in [0.1, 0.15) is 5.75 Å². The molecule has 0 bridgehead atoms. The topological polar surface area (TPSA) is 39.7 Å². The molecule has 4 nitrogen and oxygen atoms in total. The van der Waals surface area contributed by atoms with Crippen molar-refractivity contribution >= 4 is 11.6 Å². The van der Waals surface area contributed by atoms with Crippen molar-refractivity contribution in [2.45, 2.75) is 25.3 Å². The number of ether oxygens (including phenoxy) is 3. The molecule has 0 radical (unpaired) electrons. The van der Waals surface area contributed by atoms with E-state index in [1.54, 1.807) is 7.11 Å². The highest BCUT2D eigenvalue weighted by molar-refractivity contribution is 6.30. The van der Waals surface area contributed by atoms with E-state index in [1.807, 2.05) is 19.2 Å². The molecular formula is C16H24ClNO3. The number of hydrogen-bond acceptors (Lipinski definition) is 4. The number of methoxy groups -OCH3 is 1. The number of hydrogen-bond donors (Lipinski definition) is 1. The Hall–Kier alpha value is -0.810. The smallest absolute Gasteiger partial charge is 0.125 e. The van der Waals surface area contributed by atoms with Gasteiger partial charge < -0.3 is 19.5 Å². The van der Waals surface area contributed by atoms with Crippen LogP contribution in [0.2, 0.25) is 5.02 Å². The molecule has 1 N–H and O–H groups in total. The van der Waals surface area contributed by atoms with Crippen LogP contribution < -0.4 is 10.1 Å². The van der Waals surface area contributed by atoms with Crippen molar-refractivity contribution in [3.05, 3.63) is 28.3 Å². The summed E-state index contributed by atoms with van der Waals surface area (Å²) in [6.07, 6.45) is 2.79. The maximum absolute atomic E-state index is 6.20. The van der Waals surface area contributed by atoms with Crippen molar-refractivity contribution in [1.82, 2.24) is 5.32 Å². The molecule has 0 saturated heterocycles. The first-order valence-corrected chi connectivity index (χ1v) is 7.80. The lowest BCUT2D eigenvalue weighted by atomic mass is 10.00. The summed E-state index contributed by atoms with van der Waals surface area (Å²) in [6.45, 7) is 2.76. The average Bonchev–Trinajstić information content (AvgIpc) is 2.93. The molecule has 0 amide bonds. The van der Waals surface area contributed by atoms with Crippen molar-refractivity contribution in [1.29, 1.82) is 0 Å². The first-order valence-electron chi connectivity index (χ1n) is 7.42. The molecule has 1 atom stereocenters. The van der Waals surface area contributed by atoms with Crippen LogP contribution in [0.4, 0.5) is 0 Å². The number of rotatable bonds is 9. The lowest BCUT2D eigenvalue weighted by Gasteiger charge is -2.18. The molecule has 1 unspecified atom stereocenters. The maximum atomic E-state index is 6.20. The molecule has 1 aromatic carbocycles. The zero-order chi connectivity index (χ0) is 15.1. The van der Waals surface area contributed by atoms with E-state index in [1.165, 1.54) is 11.1 Å². The van der Waals surface area contributed by atoms with Gasteiger partial charge in [0.05, 0.1) is 19.8 Å². The largest absolute Gasteiger partial charge is 0.493 e. The summed E-state index contributed by atoms with van der Waals surface area (Å²) < 4.78 is 16.3. The Kier molecular flexibility index (Phi) is 6.77. The fourth-order valence-corrected chi connectivity index (χ4v) is 2.84. The van der Waals surface area contributed by atoms with E-state index < -0.39 is 0 Å². The highest BCUT2D eigenvalue weighted by atomic mass is 35.5. The summed E-state index contributed by atoms with van der Waals surface area (Å²) >= 11 is 6.20. The Labute approximate surface area is 131 Å². The normalized spacial score (nSPS) is 14.8. The van der Waals surface area contributed by atoms with E-state index in [4.69, 9.17) is 25.8 Å². The van der Waals surface area contributed by atoms with Crippen LogP contribution in [0.3, 0.4) is 0 Å². The van der Waals surface area contributed by atoms with Gasteiger partial charge in [0.2, 0.25) is 0 Å². The van der Waals surface area contributed by atoms with Gasteiger partial charge in [-0.1, -0.05) is 11.6 Å². The highest BCUT2D eigenvalue weighted by Crippen LogP contribution is 2.33. The Balaban J connectivity index is 1.90. The average molecular weight is 314 g/mol. The fourth-order valence-electron chi connectivity index (χ4n) is 2.58.